The Hall–Kier alpha value is -4.62. The molecule has 0 aromatic heterocycles. The van der Waals surface area contributed by atoms with Crippen molar-refractivity contribution in [3.8, 4) is 22.3 Å². The summed E-state index contributed by atoms with van der Waals surface area (Å²) in [5, 5.41) is 0. The second-order valence-electron chi connectivity index (χ2n) is 11.4. The fourth-order valence-electron chi connectivity index (χ4n) is 6.60. The monoisotopic (exact) mass is 515 g/mol. The van der Waals surface area contributed by atoms with Gasteiger partial charge < -0.3 is 4.90 Å². The molecular weight excluding hydrogens is 482 g/mol. The van der Waals surface area contributed by atoms with Crippen LogP contribution < -0.4 is 4.90 Å². The van der Waals surface area contributed by atoms with E-state index in [1.807, 2.05) is 0 Å². The number of anilines is 2. The lowest BCUT2D eigenvalue weighted by atomic mass is 9.82. The maximum atomic E-state index is 2.56. The second-order valence-corrected chi connectivity index (χ2v) is 11.4. The Morgan fingerprint density at radius 3 is 2.00 bits per heavy atom. The fraction of sp³-hybridized carbons (Fsp3) is 0.128. The first-order valence-corrected chi connectivity index (χ1v) is 14.2. The molecule has 1 heteroatoms. The van der Waals surface area contributed by atoms with Crippen molar-refractivity contribution in [3.05, 3.63) is 162 Å². The zero-order valence-corrected chi connectivity index (χ0v) is 23.1. The van der Waals surface area contributed by atoms with Crippen LogP contribution in [0.2, 0.25) is 0 Å². The molecule has 0 radical (unpaired) electrons. The molecule has 2 aliphatic rings. The number of para-hydroxylation sites is 1. The molecule has 1 unspecified atom stereocenters. The molecule has 0 bridgehead atoms. The third-order valence-corrected chi connectivity index (χ3v) is 8.63. The Morgan fingerprint density at radius 2 is 1.23 bits per heavy atom. The van der Waals surface area contributed by atoms with E-state index in [1.54, 1.807) is 0 Å². The van der Waals surface area contributed by atoms with Crippen LogP contribution in [0.15, 0.2) is 146 Å². The smallest absolute Gasteiger partial charge is 0.0566 e. The van der Waals surface area contributed by atoms with Crippen molar-refractivity contribution in [1.29, 1.82) is 0 Å². The zero-order valence-electron chi connectivity index (χ0n) is 23.1. The van der Waals surface area contributed by atoms with Crippen molar-refractivity contribution >= 4 is 16.9 Å². The summed E-state index contributed by atoms with van der Waals surface area (Å²) in [7, 11) is 0. The van der Waals surface area contributed by atoms with Gasteiger partial charge in [0, 0.05) is 22.4 Å². The number of rotatable bonds is 5. The van der Waals surface area contributed by atoms with Crippen LogP contribution in [0, 0.1) is 0 Å². The highest BCUT2D eigenvalue weighted by Gasteiger charge is 2.36. The Bertz CT molecular complexity index is 1740. The van der Waals surface area contributed by atoms with Gasteiger partial charge in [-0.15, -0.1) is 0 Å². The van der Waals surface area contributed by atoms with Crippen molar-refractivity contribution < 1.29 is 0 Å². The maximum Gasteiger partial charge on any atom is 0.0566 e. The number of nitrogens with zero attached hydrogens (tertiary/aromatic N) is 1. The zero-order chi connectivity index (χ0) is 27.1. The molecule has 0 N–H and O–H groups in total. The second kappa shape index (κ2) is 9.84. The van der Waals surface area contributed by atoms with Crippen molar-refractivity contribution in [3.63, 3.8) is 0 Å². The summed E-state index contributed by atoms with van der Waals surface area (Å²) in [6.45, 7) is 4.72. The van der Waals surface area contributed by atoms with Crippen molar-refractivity contribution in [2.24, 2.45) is 0 Å². The highest BCUT2D eigenvalue weighted by Crippen LogP contribution is 2.50. The van der Waals surface area contributed by atoms with Gasteiger partial charge in [-0.3, -0.25) is 0 Å². The van der Waals surface area contributed by atoms with Crippen LogP contribution in [0.1, 0.15) is 37.0 Å². The number of allylic oxidation sites excluding steroid dienone is 2. The molecule has 40 heavy (non-hydrogen) atoms. The number of fused-ring (bicyclic) bond motifs is 3. The highest BCUT2D eigenvalue weighted by molar-refractivity contribution is 5.87. The standard InChI is InChI=1S/C39H33N/c1-39(2)36-22-11-9-21-34(36)35-25-24-32(27-37(35)39)40(31-19-13-18-30(26-31)28-14-5-3-6-15-28)38-23-12-10-20-33(38)29-16-7-4-8-17-29/h3-25,27,31H,26H2,1-2H3. The molecule has 2 aliphatic carbocycles. The van der Waals surface area contributed by atoms with Gasteiger partial charge in [0.25, 0.3) is 0 Å². The molecule has 0 amide bonds. The minimum atomic E-state index is -0.0515. The summed E-state index contributed by atoms with van der Waals surface area (Å²) >= 11 is 0. The van der Waals surface area contributed by atoms with E-state index in [4.69, 9.17) is 0 Å². The predicted molar refractivity (Wildman–Crippen MR) is 170 cm³/mol. The quantitative estimate of drug-likeness (QED) is 0.225. The first-order chi connectivity index (χ1) is 19.6. The first-order valence-electron chi connectivity index (χ1n) is 14.2. The van der Waals surface area contributed by atoms with Crippen molar-refractivity contribution in [1.82, 2.24) is 0 Å². The lowest BCUT2D eigenvalue weighted by Crippen LogP contribution is -2.31. The summed E-state index contributed by atoms with van der Waals surface area (Å²) in [4.78, 5) is 2.56. The summed E-state index contributed by atoms with van der Waals surface area (Å²) in [5.74, 6) is 0. The van der Waals surface area contributed by atoms with Crippen molar-refractivity contribution in [2.45, 2.75) is 31.7 Å². The van der Waals surface area contributed by atoms with Gasteiger partial charge in [-0.25, -0.2) is 0 Å². The van der Waals surface area contributed by atoms with Crippen LogP contribution in [0.25, 0.3) is 27.8 Å². The van der Waals surface area contributed by atoms with Gasteiger partial charge in [0.1, 0.15) is 0 Å². The Morgan fingerprint density at radius 1 is 0.600 bits per heavy atom. The van der Waals surface area contributed by atoms with Gasteiger partial charge in [0.15, 0.2) is 0 Å². The summed E-state index contributed by atoms with van der Waals surface area (Å²) in [6.07, 6.45) is 7.81. The molecule has 1 atom stereocenters. The fourth-order valence-corrected chi connectivity index (χ4v) is 6.60. The lowest BCUT2D eigenvalue weighted by molar-refractivity contribution is 0.659. The van der Waals surface area contributed by atoms with Gasteiger partial charge in [-0.2, -0.15) is 0 Å². The van der Waals surface area contributed by atoms with E-state index in [2.05, 4.69) is 164 Å². The minimum Gasteiger partial charge on any atom is -0.334 e. The van der Waals surface area contributed by atoms with E-state index in [0.29, 0.717) is 0 Å². The molecule has 0 spiro atoms. The van der Waals surface area contributed by atoms with Crippen LogP contribution in [0.3, 0.4) is 0 Å². The molecule has 0 heterocycles. The average molecular weight is 516 g/mol. The highest BCUT2D eigenvalue weighted by atomic mass is 15.2. The summed E-state index contributed by atoms with van der Waals surface area (Å²) < 4.78 is 0. The van der Waals surface area contributed by atoms with E-state index in [0.717, 1.165) is 6.42 Å². The molecule has 1 nitrogen and oxygen atoms in total. The van der Waals surface area contributed by atoms with Gasteiger partial charge in [-0.1, -0.05) is 141 Å². The Kier molecular flexibility index (Phi) is 6.01. The van der Waals surface area contributed by atoms with Crippen molar-refractivity contribution in [2.75, 3.05) is 4.90 Å². The van der Waals surface area contributed by atoms with Crippen LogP contribution in [-0.2, 0) is 5.41 Å². The van der Waals surface area contributed by atoms with Crippen LogP contribution in [0.4, 0.5) is 11.4 Å². The molecule has 5 aromatic rings. The van der Waals surface area contributed by atoms with Crippen LogP contribution in [-0.4, -0.2) is 6.04 Å². The molecule has 5 aromatic carbocycles. The van der Waals surface area contributed by atoms with Gasteiger partial charge >= 0.3 is 0 Å². The van der Waals surface area contributed by atoms with E-state index in [-0.39, 0.29) is 11.5 Å². The topological polar surface area (TPSA) is 3.24 Å². The Balaban J connectivity index is 1.39. The van der Waals surface area contributed by atoms with Crippen LogP contribution >= 0.6 is 0 Å². The Labute approximate surface area is 237 Å². The molecule has 0 aliphatic heterocycles. The SMILES string of the molecule is CC1(C)c2ccccc2-c2ccc(N(c3ccccc3-c3ccccc3)C3C=CC=C(c4ccccc4)C3)cc21. The molecule has 0 saturated heterocycles. The third-order valence-electron chi connectivity index (χ3n) is 8.63. The number of hydrogen-bond donors (Lipinski definition) is 0. The first kappa shape index (κ1) is 24.4. The largest absolute Gasteiger partial charge is 0.334 e. The summed E-state index contributed by atoms with van der Waals surface area (Å²) in [5.41, 5.74) is 13.1. The van der Waals surface area contributed by atoms with E-state index in [1.165, 1.54) is 55.9 Å². The number of hydrogen-bond acceptors (Lipinski definition) is 1. The van der Waals surface area contributed by atoms with Gasteiger partial charge in [-0.05, 0) is 63.6 Å². The van der Waals surface area contributed by atoms with E-state index >= 15 is 0 Å². The third kappa shape index (κ3) is 4.10. The average Bonchev–Trinajstić information content (AvgIpc) is 3.25. The normalized spacial score (nSPS) is 16.6. The molecule has 7 rings (SSSR count). The van der Waals surface area contributed by atoms with E-state index in [9.17, 15) is 0 Å². The maximum absolute atomic E-state index is 2.56. The predicted octanol–water partition coefficient (Wildman–Crippen LogP) is 10.2. The van der Waals surface area contributed by atoms with E-state index < -0.39 is 0 Å². The lowest BCUT2D eigenvalue weighted by Gasteiger charge is -2.36. The number of benzene rings is 5. The molecular formula is C39H33N. The van der Waals surface area contributed by atoms with Gasteiger partial charge in [0.2, 0.25) is 0 Å². The molecule has 0 saturated carbocycles. The van der Waals surface area contributed by atoms with Gasteiger partial charge in [0.05, 0.1) is 6.04 Å². The summed E-state index contributed by atoms with van der Waals surface area (Å²) in [6, 6.07) is 46.6. The minimum absolute atomic E-state index is 0.0515. The molecule has 194 valence electrons. The van der Waals surface area contributed by atoms with Crippen LogP contribution in [0.5, 0.6) is 0 Å². The molecule has 0 fully saturated rings.